The van der Waals surface area contributed by atoms with Crippen LogP contribution in [0.25, 0.3) is 0 Å². The smallest absolute Gasteiger partial charge is 0.286 e. The normalized spacial score (nSPS) is 15.8. The van der Waals surface area contributed by atoms with Gasteiger partial charge in [-0.2, -0.15) is 8.42 Å². The van der Waals surface area contributed by atoms with Crippen molar-refractivity contribution in [1.29, 1.82) is 0 Å². The molecule has 0 bridgehead atoms. The summed E-state index contributed by atoms with van der Waals surface area (Å²) in [6.07, 6.45) is 2.56. The number of sulfonamides is 1. The highest BCUT2D eigenvalue weighted by molar-refractivity contribution is 7.90. The average Bonchev–Trinajstić information content (AvgIpc) is 2.54. The van der Waals surface area contributed by atoms with Gasteiger partial charge in [-0.1, -0.05) is 41.0 Å². The molecular formula is C19H29N3O3S. The van der Waals surface area contributed by atoms with Crippen LogP contribution in [-0.2, 0) is 14.8 Å². The number of nitrogens with zero attached hydrogens (tertiary/aromatic N) is 2. The molecule has 144 valence electrons. The number of rotatable bonds is 7. The first-order valence-corrected chi connectivity index (χ1v) is 10.7. The van der Waals surface area contributed by atoms with E-state index < -0.39 is 10.0 Å². The highest BCUT2D eigenvalue weighted by Gasteiger charge is 2.31. The first-order valence-electron chi connectivity index (χ1n) is 9.22. The fraction of sp³-hybridized carbons (Fsp3) is 0.579. The van der Waals surface area contributed by atoms with Gasteiger partial charge in [-0.15, -0.1) is 4.40 Å². The summed E-state index contributed by atoms with van der Waals surface area (Å²) in [6.45, 7) is 10.5. The molecule has 0 radical (unpaired) electrons. The minimum Gasteiger partial charge on any atom is -0.328 e. The molecule has 1 aliphatic rings. The Balaban J connectivity index is 2.47. The lowest BCUT2D eigenvalue weighted by Gasteiger charge is -2.32. The van der Waals surface area contributed by atoms with Crippen molar-refractivity contribution in [3.8, 4) is 0 Å². The maximum Gasteiger partial charge on any atom is 0.286 e. The Morgan fingerprint density at radius 3 is 2.50 bits per heavy atom. The molecule has 0 atom stereocenters. The van der Waals surface area contributed by atoms with Crippen LogP contribution in [0.3, 0.4) is 0 Å². The van der Waals surface area contributed by atoms with Gasteiger partial charge in [0.25, 0.3) is 10.0 Å². The zero-order valence-corrected chi connectivity index (χ0v) is 17.1. The predicted octanol–water partition coefficient (Wildman–Crippen LogP) is 4.03. The molecule has 2 rings (SSSR count). The Morgan fingerprint density at radius 1 is 1.23 bits per heavy atom. The van der Waals surface area contributed by atoms with E-state index in [2.05, 4.69) is 16.6 Å². The van der Waals surface area contributed by atoms with Crippen LogP contribution in [0.5, 0.6) is 0 Å². The van der Waals surface area contributed by atoms with Crippen LogP contribution in [0.4, 0.5) is 11.4 Å². The zero-order valence-electron chi connectivity index (χ0n) is 16.2. The number of hydrogen-bond acceptors (Lipinski definition) is 4. The summed E-state index contributed by atoms with van der Waals surface area (Å²) in [4.78, 5) is 14.1. The summed E-state index contributed by atoms with van der Waals surface area (Å²) >= 11 is 0. The van der Waals surface area contributed by atoms with Gasteiger partial charge < -0.3 is 10.2 Å². The van der Waals surface area contributed by atoms with Crippen molar-refractivity contribution in [2.24, 2.45) is 16.2 Å². The first-order chi connectivity index (χ1) is 12.2. The van der Waals surface area contributed by atoms with Gasteiger partial charge in [0, 0.05) is 24.6 Å². The molecule has 1 heterocycles. The molecule has 1 aromatic rings. The molecule has 26 heavy (non-hydrogen) atoms. The molecule has 0 aliphatic carbocycles. The third kappa shape index (κ3) is 4.63. The fourth-order valence-electron chi connectivity index (χ4n) is 2.76. The molecule has 1 aliphatic heterocycles. The Bertz CT molecular complexity index is 798. The molecule has 0 saturated heterocycles. The van der Waals surface area contributed by atoms with Crippen molar-refractivity contribution >= 4 is 33.1 Å². The van der Waals surface area contributed by atoms with Crippen molar-refractivity contribution in [3.05, 3.63) is 18.2 Å². The van der Waals surface area contributed by atoms with Crippen LogP contribution in [-0.4, -0.2) is 26.7 Å². The van der Waals surface area contributed by atoms with Crippen molar-refractivity contribution in [2.45, 2.75) is 58.8 Å². The summed E-state index contributed by atoms with van der Waals surface area (Å²) in [5, 5.41) is 2.76. The van der Waals surface area contributed by atoms with Gasteiger partial charge in [0.2, 0.25) is 5.91 Å². The van der Waals surface area contributed by atoms with Gasteiger partial charge in [-0.05, 0) is 30.5 Å². The van der Waals surface area contributed by atoms with Gasteiger partial charge in [0.1, 0.15) is 10.7 Å². The van der Waals surface area contributed by atoms with E-state index in [1.165, 1.54) is 6.07 Å². The van der Waals surface area contributed by atoms with E-state index in [1.807, 2.05) is 18.7 Å². The Labute approximate surface area is 156 Å². The number of carbonyl (C=O) groups excluding carboxylic acids is 1. The number of benzene rings is 1. The Kier molecular flexibility index (Phi) is 6.44. The van der Waals surface area contributed by atoms with Gasteiger partial charge in [-0.3, -0.25) is 4.79 Å². The summed E-state index contributed by atoms with van der Waals surface area (Å²) in [5.74, 6) is 0.573. The molecule has 7 heteroatoms. The standard InChI is InChI=1S/C19H29N3O3S/c1-6-7-10-22-16-9-8-15(20-19(23)14(4)5)12-17(16)26(24,25)21-18(22)11-13(2)3/h8-9,12-14H,6-7,10-11H2,1-5H3,(H,20,23). The number of fused-ring (bicyclic) bond motifs is 1. The second kappa shape index (κ2) is 8.20. The van der Waals surface area contributed by atoms with E-state index in [0.29, 0.717) is 29.5 Å². The van der Waals surface area contributed by atoms with Crippen LogP contribution < -0.4 is 10.2 Å². The average molecular weight is 380 g/mol. The molecule has 1 amide bonds. The van der Waals surface area contributed by atoms with Gasteiger partial charge in [0.15, 0.2) is 0 Å². The third-order valence-electron chi connectivity index (χ3n) is 4.18. The highest BCUT2D eigenvalue weighted by Crippen LogP contribution is 2.35. The van der Waals surface area contributed by atoms with Crippen LogP contribution in [0.2, 0.25) is 0 Å². The summed E-state index contributed by atoms with van der Waals surface area (Å²) in [5.41, 5.74) is 1.12. The second-order valence-electron chi connectivity index (χ2n) is 7.41. The van der Waals surface area contributed by atoms with Crippen LogP contribution >= 0.6 is 0 Å². The lowest BCUT2D eigenvalue weighted by atomic mass is 10.1. The lowest BCUT2D eigenvalue weighted by molar-refractivity contribution is -0.118. The molecule has 0 fully saturated rings. The molecule has 0 aromatic heterocycles. The van der Waals surface area contributed by atoms with Crippen molar-refractivity contribution in [1.82, 2.24) is 0 Å². The third-order valence-corrected chi connectivity index (χ3v) is 5.52. The SMILES string of the molecule is CCCCN1C(CC(C)C)=NS(=O)(=O)c2cc(NC(=O)C(C)C)ccc21. The van der Waals surface area contributed by atoms with Gasteiger partial charge >= 0.3 is 0 Å². The number of unbranched alkanes of at least 4 members (excludes halogenated alkanes) is 1. The topological polar surface area (TPSA) is 78.8 Å². The number of amidine groups is 1. The van der Waals surface area contributed by atoms with Crippen LogP contribution in [0.1, 0.15) is 53.9 Å². The molecule has 0 spiro atoms. The number of anilines is 2. The maximum absolute atomic E-state index is 12.7. The van der Waals surface area contributed by atoms with Crippen molar-refractivity contribution in [2.75, 3.05) is 16.8 Å². The van der Waals surface area contributed by atoms with E-state index in [0.717, 1.165) is 19.4 Å². The van der Waals surface area contributed by atoms with E-state index in [1.54, 1.807) is 26.0 Å². The molecular weight excluding hydrogens is 350 g/mol. The molecule has 0 saturated carbocycles. The Hall–Kier alpha value is -1.89. The number of nitrogens with one attached hydrogen (secondary N) is 1. The van der Waals surface area contributed by atoms with Crippen molar-refractivity contribution in [3.63, 3.8) is 0 Å². The highest BCUT2D eigenvalue weighted by atomic mass is 32.2. The zero-order chi connectivity index (χ0) is 19.5. The largest absolute Gasteiger partial charge is 0.328 e. The summed E-state index contributed by atoms with van der Waals surface area (Å²) < 4.78 is 29.5. The lowest BCUT2D eigenvalue weighted by Crippen LogP contribution is -2.37. The van der Waals surface area contributed by atoms with E-state index in [-0.39, 0.29) is 16.7 Å². The number of hydrogen-bond donors (Lipinski definition) is 1. The molecule has 6 nitrogen and oxygen atoms in total. The van der Waals surface area contributed by atoms with E-state index in [4.69, 9.17) is 0 Å². The quantitative estimate of drug-likeness (QED) is 0.775. The minimum atomic E-state index is -3.78. The minimum absolute atomic E-state index is 0.148. The van der Waals surface area contributed by atoms with Gasteiger partial charge in [0.05, 0.1) is 5.69 Å². The molecule has 0 unspecified atom stereocenters. The van der Waals surface area contributed by atoms with Crippen molar-refractivity contribution < 1.29 is 13.2 Å². The first kappa shape index (κ1) is 20.4. The fourth-order valence-corrected chi connectivity index (χ4v) is 4.03. The monoisotopic (exact) mass is 379 g/mol. The van der Waals surface area contributed by atoms with Crippen LogP contribution in [0.15, 0.2) is 27.5 Å². The van der Waals surface area contributed by atoms with E-state index in [9.17, 15) is 13.2 Å². The Morgan fingerprint density at radius 2 is 1.92 bits per heavy atom. The van der Waals surface area contributed by atoms with Gasteiger partial charge in [-0.25, -0.2) is 0 Å². The number of carbonyl (C=O) groups is 1. The molecule has 1 aromatic carbocycles. The number of amides is 1. The maximum atomic E-state index is 12.7. The second-order valence-corrected chi connectivity index (χ2v) is 8.98. The predicted molar refractivity (Wildman–Crippen MR) is 106 cm³/mol. The van der Waals surface area contributed by atoms with Crippen LogP contribution in [0, 0.1) is 11.8 Å². The van der Waals surface area contributed by atoms with E-state index >= 15 is 0 Å². The molecule has 1 N–H and O–H groups in total. The summed E-state index contributed by atoms with van der Waals surface area (Å²) in [6, 6.07) is 5.04. The summed E-state index contributed by atoms with van der Waals surface area (Å²) in [7, 11) is -3.78.